The summed E-state index contributed by atoms with van der Waals surface area (Å²) in [5.41, 5.74) is 0. The summed E-state index contributed by atoms with van der Waals surface area (Å²) in [6.07, 6.45) is -1.94. The Morgan fingerprint density at radius 2 is 1.85 bits per heavy atom. The maximum Gasteiger partial charge on any atom is 0.697 e. The van der Waals surface area contributed by atoms with E-state index in [1.54, 1.807) is 0 Å². The van der Waals surface area contributed by atoms with Gasteiger partial charge in [0.1, 0.15) is 40.6 Å². The summed E-state index contributed by atoms with van der Waals surface area (Å²) in [7, 11) is 8.64. The Bertz CT molecular complexity index is 348. The standard InChI is InChI=1S/C10H16B2O7P/c11-9-1-5(14)8(18-9)4-16-20(15)19-6-2-10(12)17-7(6)3-13/h5-10,13-14H,1-4H2/q+1. The summed E-state index contributed by atoms with van der Waals surface area (Å²) in [6, 6.07) is -1.10. The summed E-state index contributed by atoms with van der Waals surface area (Å²) in [6.45, 7) is -0.367. The van der Waals surface area contributed by atoms with Crippen LogP contribution in [0.1, 0.15) is 12.8 Å². The minimum absolute atomic E-state index is 0.0898. The van der Waals surface area contributed by atoms with Crippen molar-refractivity contribution in [3.05, 3.63) is 0 Å². The van der Waals surface area contributed by atoms with Crippen LogP contribution in [-0.2, 0) is 23.1 Å². The molecule has 2 rings (SSSR count). The molecular formula is C10H16B2O7P+. The van der Waals surface area contributed by atoms with Crippen LogP contribution in [0.25, 0.3) is 0 Å². The molecule has 20 heavy (non-hydrogen) atoms. The SMILES string of the molecule is [B]C1CC(O)C(CO[P+](=O)OC2CC([B])OC2CO)O1. The van der Waals surface area contributed by atoms with Gasteiger partial charge < -0.3 is 19.7 Å². The van der Waals surface area contributed by atoms with Gasteiger partial charge in [-0.25, -0.2) is 0 Å². The molecule has 0 aromatic carbocycles. The van der Waals surface area contributed by atoms with Gasteiger partial charge in [-0.1, -0.05) is 0 Å². The molecule has 4 radical (unpaired) electrons. The molecule has 0 aromatic heterocycles. The fourth-order valence-corrected chi connectivity index (χ4v) is 2.98. The molecule has 2 aliphatic rings. The quantitative estimate of drug-likeness (QED) is 0.478. The third-order valence-electron chi connectivity index (χ3n) is 3.23. The van der Waals surface area contributed by atoms with Crippen molar-refractivity contribution < 1.29 is 33.3 Å². The third kappa shape index (κ3) is 4.24. The van der Waals surface area contributed by atoms with Crippen LogP contribution >= 0.6 is 8.25 Å². The second-order valence-corrected chi connectivity index (χ2v) is 5.73. The maximum atomic E-state index is 11.7. The van der Waals surface area contributed by atoms with Crippen molar-refractivity contribution >= 4 is 23.9 Å². The zero-order chi connectivity index (χ0) is 14.7. The second-order valence-electron chi connectivity index (χ2n) is 4.81. The van der Waals surface area contributed by atoms with E-state index >= 15 is 0 Å². The number of hydrogen-bond donors (Lipinski definition) is 2. The van der Waals surface area contributed by atoms with Crippen molar-refractivity contribution in [3.8, 4) is 0 Å². The van der Waals surface area contributed by atoms with Crippen molar-refractivity contribution in [1.82, 2.24) is 0 Å². The molecule has 7 atom stereocenters. The van der Waals surface area contributed by atoms with Crippen LogP contribution < -0.4 is 0 Å². The zero-order valence-electron chi connectivity index (χ0n) is 10.8. The number of aliphatic hydroxyl groups is 2. The Morgan fingerprint density at radius 3 is 2.45 bits per heavy atom. The van der Waals surface area contributed by atoms with Crippen molar-refractivity contribution in [2.45, 2.75) is 49.3 Å². The lowest BCUT2D eigenvalue weighted by Crippen LogP contribution is -2.27. The molecule has 0 bridgehead atoms. The van der Waals surface area contributed by atoms with E-state index in [2.05, 4.69) is 0 Å². The molecule has 2 saturated heterocycles. The van der Waals surface area contributed by atoms with Gasteiger partial charge in [-0.15, -0.1) is 9.05 Å². The summed E-state index contributed by atoms with van der Waals surface area (Å²) < 4.78 is 32.2. The Hall–Kier alpha value is -0.0101. The van der Waals surface area contributed by atoms with Crippen LogP contribution in [0.2, 0.25) is 0 Å². The minimum atomic E-state index is -2.42. The second kappa shape index (κ2) is 7.31. The van der Waals surface area contributed by atoms with E-state index in [0.29, 0.717) is 12.8 Å². The molecule has 2 N–H and O–H groups in total. The van der Waals surface area contributed by atoms with Gasteiger partial charge in [0.2, 0.25) is 0 Å². The molecular weight excluding hydrogens is 285 g/mol. The monoisotopic (exact) mass is 301 g/mol. The predicted molar refractivity (Wildman–Crippen MR) is 69.6 cm³/mol. The van der Waals surface area contributed by atoms with Crippen LogP contribution in [0.3, 0.4) is 0 Å². The van der Waals surface area contributed by atoms with Crippen LogP contribution in [-0.4, -0.2) is 75.5 Å². The molecule has 7 nitrogen and oxygen atoms in total. The van der Waals surface area contributed by atoms with E-state index in [-0.39, 0.29) is 13.2 Å². The van der Waals surface area contributed by atoms with E-state index in [1.807, 2.05) is 0 Å². The number of rotatable bonds is 6. The Balaban J connectivity index is 1.73. The molecule has 0 spiro atoms. The van der Waals surface area contributed by atoms with Gasteiger partial charge in [0.25, 0.3) is 0 Å². The highest BCUT2D eigenvalue weighted by Gasteiger charge is 2.41. The first kappa shape index (κ1) is 16.4. The Morgan fingerprint density at radius 1 is 1.20 bits per heavy atom. The molecule has 10 heteroatoms. The van der Waals surface area contributed by atoms with Crippen molar-refractivity contribution in [1.29, 1.82) is 0 Å². The average molecular weight is 301 g/mol. The first-order valence-electron chi connectivity index (χ1n) is 6.37. The first-order valence-corrected chi connectivity index (χ1v) is 7.47. The number of ether oxygens (including phenoxy) is 2. The van der Waals surface area contributed by atoms with Crippen LogP contribution in [0.15, 0.2) is 0 Å². The molecule has 0 aromatic rings. The first-order chi connectivity index (χ1) is 9.49. The van der Waals surface area contributed by atoms with Gasteiger partial charge in [-0.05, 0) is 12.8 Å². The van der Waals surface area contributed by atoms with Crippen LogP contribution in [0.5, 0.6) is 0 Å². The molecule has 2 aliphatic heterocycles. The molecule has 2 heterocycles. The van der Waals surface area contributed by atoms with Gasteiger partial charge in [0.15, 0.2) is 0 Å². The fraction of sp³-hybridized carbons (Fsp3) is 1.00. The van der Waals surface area contributed by atoms with Gasteiger partial charge in [-0.3, -0.25) is 0 Å². The molecule has 0 amide bonds. The van der Waals surface area contributed by atoms with Crippen molar-refractivity contribution in [2.24, 2.45) is 0 Å². The van der Waals surface area contributed by atoms with Crippen molar-refractivity contribution in [3.63, 3.8) is 0 Å². The maximum absolute atomic E-state index is 11.7. The molecule has 2 fully saturated rings. The third-order valence-corrected chi connectivity index (χ3v) is 4.03. The van der Waals surface area contributed by atoms with Gasteiger partial charge in [-0.2, -0.15) is 0 Å². The zero-order valence-corrected chi connectivity index (χ0v) is 11.7. The Labute approximate surface area is 120 Å². The highest BCUT2D eigenvalue weighted by Crippen LogP contribution is 2.34. The predicted octanol–water partition coefficient (Wildman–Crippen LogP) is -1.03. The summed E-state index contributed by atoms with van der Waals surface area (Å²) in [4.78, 5) is 0. The van der Waals surface area contributed by atoms with E-state index in [4.69, 9.17) is 39.3 Å². The van der Waals surface area contributed by atoms with Crippen molar-refractivity contribution in [2.75, 3.05) is 13.2 Å². The molecule has 7 unspecified atom stereocenters. The largest absolute Gasteiger partial charge is 0.697 e. The smallest absolute Gasteiger partial charge is 0.394 e. The van der Waals surface area contributed by atoms with Gasteiger partial charge in [0.05, 0.1) is 12.7 Å². The van der Waals surface area contributed by atoms with E-state index in [1.165, 1.54) is 0 Å². The van der Waals surface area contributed by atoms with Gasteiger partial charge in [0, 0.05) is 16.6 Å². The lowest BCUT2D eigenvalue weighted by atomic mass is 9.96. The molecule has 0 aliphatic carbocycles. The lowest BCUT2D eigenvalue weighted by Gasteiger charge is -2.11. The number of hydrogen-bond acceptors (Lipinski definition) is 7. The van der Waals surface area contributed by atoms with E-state index in [9.17, 15) is 9.67 Å². The Kier molecular flexibility index (Phi) is 5.98. The summed E-state index contributed by atoms with van der Waals surface area (Å²) in [5, 5.41) is 18.7. The summed E-state index contributed by atoms with van der Waals surface area (Å²) >= 11 is 0. The molecule has 108 valence electrons. The lowest BCUT2D eigenvalue weighted by molar-refractivity contribution is -0.0122. The fourth-order valence-electron chi connectivity index (χ4n) is 2.21. The van der Waals surface area contributed by atoms with Crippen LogP contribution in [0.4, 0.5) is 0 Å². The minimum Gasteiger partial charge on any atom is -0.394 e. The van der Waals surface area contributed by atoms with E-state index in [0.717, 1.165) is 0 Å². The highest BCUT2D eigenvalue weighted by atomic mass is 31.1. The highest BCUT2D eigenvalue weighted by molar-refractivity contribution is 7.33. The van der Waals surface area contributed by atoms with Gasteiger partial charge >= 0.3 is 8.25 Å². The normalized spacial score (nSPS) is 42.0. The summed E-state index contributed by atoms with van der Waals surface area (Å²) in [5.74, 6) is 0. The molecule has 0 saturated carbocycles. The van der Waals surface area contributed by atoms with Crippen LogP contribution in [0, 0.1) is 0 Å². The topological polar surface area (TPSA) is 94.5 Å². The average Bonchev–Trinajstić information content (AvgIpc) is 2.89. The number of aliphatic hydroxyl groups excluding tert-OH is 2. The van der Waals surface area contributed by atoms with E-state index < -0.39 is 44.7 Å².